The molecule has 0 aliphatic heterocycles. The van der Waals surface area contributed by atoms with E-state index in [0.717, 1.165) is 30.1 Å². The summed E-state index contributed by atoms with van der Waals surface area (Å²) in [5.74, 6) is 1.20. The molecule has 1 heterocycles. The lowest BCUT2D eigenvalue weighted by molar-refractivity contribution is 0.314. The molecule has 0 radical (unpaired) electrons. The third-order valence-electron chi connectivity index (χ3n) is 3.13. The molecule has 1 aromatic heterocycles. The van der Waals surface area contributed by atoms with Crippen LogP contribution in [0.3, 0.4) is 0 Å². The fourth-order valence-corrected chi connectivity index (χ4v) is 1.75. The van der Waals surface area contributed by atoms with E-state index in [-0.39, 0.29) is 11.5 Å². The van der Waals surface area contributed by atoms with Crippen molar-refractivity contribution < 1.29 is 0 Å². The minimum Gasteiger partial charge on any atom is -0.321 e. The summed E-state index contributed by atoms with van der Waals surface area (Å²) in [7, 11) is 0. The van der Waals surface area contributed by atoms with E-state index in [4.69, 9.17) is 5.73 Å². The van der Waals surface area contributed by atoms with Crippen LogP contribution in [0.25, 0.3) is 0 Å². The molecule has 0 aromatic carbocycles. The Hall–Kier alpha value is -0.960. The third-order valence-corrected chi connectivity index (χ3v) is 3.13. The Balaban J connectivity index is 3.18. The maximum atomic E-state index is 6.28. The van der Waals surface area contributed by atoms with Crippen LogP contribution in [-0.2, 0) is 6.42 Å². The zero-order valence-corrected chi connectivity index (χ0v) is 12.6. The molecule has 3 heteroatoms. The monoisotopic (exact) mass is 249 g/mol. The molecule has 1 atom stereocenters. The molecular formula is C15H27N3. The van der Waals surface area contributed by atoms with E-state index in [9.17, 15) is 0 Å². The molecule has 0 amide bonds. The van der Waals surface area contributed by atoms with Crippen LogP contribution in [0.5, 0.6) is 0 Å². The lowest BCUT2D eigenvalue weighted by atomic mass is 9.86. The Bertz CT molecular complexity index is 391. The standard InChI is InChI=1S/C15H27N3/c1-7-8-11-9-12(10(2)3)18-14(17-11)13(16)15(4,5)6/h9-10,13H,7-8,16H2,1-6H3. The van der Waals surface area contributed by atoms with Gasteiger partial charge >= 0.3 is 0 Å². The van der Waals surface area contributed by atoms with Crippen molar-refractivity contribution in [3.05, 3.63) is 23.3 Å². The molecule has 0 spiro atoms. The third kappa shape index (κ3) is 3.77. The Morgan fingerprint density at radius 1 is 1.22 bits per heavy atom. The number of aromatic nitrogens is 2. The zero-order chi connectivity index (χ0) is 13.9. The topological polar surface area (TPSA) is 51.8 Å². The van der Waals surface area contributed by atoms with Gasteiger partial charge in [-0.2, -0.15) is 0 Å². The van der Waals surface area contributed by atoms with E-state index < -0.39 is 0 Å². The van der Waals surface area contributed by atoms with Gasteiger partial charge < -0.3 is 5.73 Å². The molecule has 1 unspecified atom stereocenters. The van der Waals surface area contributed by atoms with Gasteiger partial charge in [0, 0.05) is 11.4 Å². The second kappa shape index (κ2) is 5.79. The van der Waals surface area contributed by atoms with Gasteiger partial charge in [0.15, 0.2) is 0 Å². The summed E-state index contributed by atoms with van der Waals surface area (Å²) < 4.78 is 0. The van der Waals surface area contributed by atoms with E-state index in [1.165, 1.54) is 0 Å². The van der Waals surface area contributed by atoms with E-state index in [1.54, 1.807) is 0 Å². The molecule has 102 valence electrons. The van der Waals surface area contributed by atoms with Gasteiger partial charge in [0.05, 0.1) is 6.04 Å². The van der Waals surface area contributed by atoms with Crippen LogP contribution < -0.4 is 5.73 Å². The van der Waals surface area contributed by atoms with Gasteiger partial charge in [0.2, 0.25) is 0 Å². The van der Waals surface area contributed by atoms with Crippen molar-refractivity contribution in [1.82, 2.24) is 9.97 Å². The first-order chi connectivity index (χ1) is 8.25. The molecule has 1 aromatic rings. The fourth-order valence-electron chi connectivity index (χ4n) is 1.75. The number of hydrogen-bond donors (Lipinski definition) is 1. The lowest BCUT2D eigenvalue weighted by Gasteiger charge is -2.26. The highest BCUT2D eigenvalue weighted by molar-refractivity contribution is 5.16. The minimum atomic E-state index is -0.119. The molecule has 0 aliphatic rings. The lowest BCUT2D eigenvalue weighted by Crippen LogP contribution is -2.29. The van der Waals surface area contributed by atoms with E-state index >= 15 is 0 Å². The smallest absolute Gasteiger partial charge is 0.146 e. The van der Waals surface area contributed by atoms with Crippen molar-refractivity contribution in [1.29, 1.82) is 0 Å². The molecular weight excluding hydrogens is 222 g/mol. The normalized spacial score (nSPS) is 14.0. The number of rotatable bonds is 4. The van der Waals surface area contributed by atoms with Crippen LogP contribution >= 0.6 is 0 Å². The van der Waals surface area contributed by atoms with Crippen LogP contribution in [0.2, 0.25) is 0 Å². The summed E-state index contributed by atoms with van der Waals surface area (Å²) in [6.07, 6.45) is 2.09. The first-order valence-electron chi connectivity index (χ1n) is 6.89. The molecule has 0 fully saturated rings. The van der Waals surface area contributed by atoms with Gasteiger partial charge in [-0.15, -0.1) is 0 Å². The molecule has 0 saturated carbocycles. The highest BCUT2D eigenvalue weighted by atomic mass is 14.9. The molecule has 0 aliphatic carbocycles. The fraction of sp³-hybridized carbons (Fsp3) is 0.733. The molecule has 2 N–H and O–H groups in total. The second-order valence-corrected chi connectivity index (χ2v) is 6.39. The summed E-state index contributed by atoms with van der Waals surface area (Å²) in [4.78, 5) is 9.28. The van der Waals surface area contributed by atoms with Crippen LogP contribution in [0, 0.1) is 5.41 Å². The quantitative estimate of drug-likeness (QED) is 0.887. The van der Waals surface area contributed by atoms with Crippen molar-refractivity contribution in [2.75, 3.05) is 0 Å². The first-order valence-corrected chi connectivity index (χ1v) is 6.89. The summed E-state index contributed by atoms with van der Waals surface area (Å²) in [5, 5.41) is 0. The van der Waals surface area contributed by atoms with Crippen molar-refractivity contribution in [3.63, 3.8) is 0 Å². The predicted octanol–water partition coefficient (Wildman–Crippen LogP) is 3.60. The van der Waals surface area contributed by atoms with E-state index in [1.807, 2.05) is 0 Å². The maximum Gasteiger partial charge on any atom is 0.146 e. The van der Waals surface area contributed by atoms with Crippen molar-refractivity contribution in [2.24, 2.45) is 11.1 Å². The number of nitrogens with two attached hydrogens (primary N) is 1. The van der Waals surface area contributed by atoms with Crippen molar-refractivity contribution in [2.45, 2.75) is 66.3 Å². The summed E-state index contributed by atoms with van der Waals surface area (Å²) in [5.41, 5.74) is 8.48. The molecule has 18 heavy (non-hydrogen) atoms. The summed E-state index contributed by atoms with van der Waals surface area (Å²) >= 11 is 0. The van der Waals surface area contributed by atoms with Gasteiger partial charge in [-0.25, -0.2) is 9.97 Å². The Kier molecular flexibility index (Phi) is 4.85. The largest absolute Gasteiger partial charge is 0.321 e. The number of hydrogen-bond acceptors (Lipinski definition) is 3. The SMILES string of the molecule is CCCc1cc(C(C)C)nc(C(N)C(C)(C)C)n1. The van der Waals surface area contributed by atoms with Gasteiger partial charge in [-0.3, -0.25) is 0 Å². The average Bonchev–Trinajstić information content (AvgIpc) is 2.26. The van der Waals surface area contributed by atoms with Gasteiger partial charge in [0.25, 0.3) is 0 Å². The molecule has 3 nitrogen and oxygen atoms in total. The molecule has 1 rings (SSSR count). The van der Waals surface area contributed by atoms with Crippen LogP contribution in [0.4, 0.5) is 0 Å². The maximum absolute atomic E-state index is 6.28. The Morgan fingerprint density at radius 2 is 1.83 bits per heavy atom. The molecule has 0 saturated heterocycles. The zero-order valence-electron chi connectivity index (χ0n) is 12.6. The van der Waals surface area contributed by atoms with Crippen molar-refractivity contribution in [3.8, 4) is 0 Å². The van der Waals surface area contributed by atoms with Crippen LogP contribution in [-0.4, -0.2) is 9.97 Å². The molecule has 0 bridgehead atoms. The summed E-state index contributed by atoms with van der Waals surface area (Å²) in [6.45, 7) is 12.9. The van der Waals surface area contributed by atoms with E-state index in [2.05, 4.69) is 57.6 Å². The Labute approximate surface area is 111 Å². The summed E-state index contributed by atoms with van der Waals surface area (Å²) in [6, 6.07) is 2.00. The number of aryl methyl sites for hydroxylation is 1. The minimum absolute atomic E-state index is 0.0148. The van der Waals surface area contributed by atoms with Crippen molar-refractivity contribution >= 4 is 0 Å². The number of nitrogens with zero attached hydrogens (tertiary/aromatic N) is 2. The Morgan fingerprint density at radius 3 is 2.28 bits per heavy atom. The van der Waals surface area contributed by atoms with Gasteiger partial charge in [0.1, 0.15) is 5.82 Å². The predicted molar refractivity (Wildman–Crippen MR) is 76.5 cm³/mol. The highest BCUT2D eigenvalue weighted by Crippen LogP contribution is 2.29. The highest BCUT2D eigenvalue weighted by Gasteiger charge is 2.25. The second-order valence-electron chi connectivity index (χ2n) is 6.39. The first kappa shape index (κ1) is 15.1. The van der Waals surface area contributed by atoms with Gasteiger partial charge in [-0.05, 0) is 23.8 Å². The van der Waals surface area contributed by atoms with E-state index in [0.29, 0.717) is 5.92 Å². The van der Waals surface area contributed by atoms with Crippen LogP contribution in [0.1, 0.15) is 77.1 Å². The van der Waals surface area contributed by atoms with Gasteiger partial charge in [-0.1, -0.05) is 48.0 Å². The average molecular weight is 249 g/mol. The van der Waals surface area contributed by atoms with Crippen LogP contribution in [0.15, 0.2) is 6.07 Å².